The second kappa shape index (κ2) is 9.98. The summed E-state index contributed by atoms with van der Waals surface area (Å²) in [5.74, 6) is -0.660. The molecule has 0 bridgehead atoms. The molecule has 0 aliphatic rings. The Bertz CT molecular complexity index is 517. The molecule has 0 saturated carbocycles. The monoisotopic (exact) mass is 305 g/mol. The number of hydrogen-bond acceptors (Lipinski definition) is 4. The van der Waals surface area contributed by atoms with E-state index in [1.807, 2.05) is 0 Å². The van der Waals surface area contributed by atoms with Crippen LogP contribution in [0.5, 0.6) is 0 Å². The SMILES string of the molecule is C=CCOC(=O)NCCNC(=O)CNC(=O)c1ccccc1. The largest absolute Gasteiger partial charge is 0.445 e. The second-order valence-corrected chi connectivity index (χ2v) is 4.21. The van der Waals surface area contributed by atoms with Gasteiger partial charge in [-0.3, -0.25) is 9.59 Å². The van der Waals surface area contributed by atoms with Crippen molar-refractivity contribution in [2.45, 2.75) is 0 Å². The molecule has 0 radical (unpaired) electrons. The Morgan fingerprint density at radius 3 is 2.41 bits per heavy atom. The summed E-state index contributed by atoms with van der Waals surface area (Å²) < 4.78 is 4.69. The Morgan fingerprint density at radius 2 is 1.73 bits per heavy atom. The third-order valence-electron chi connectivity index (χ3n) is 2.49. The highest BCUT2D eigenvalue weighted by Gasteiger charge is 2.07. The highest BCUT2D eigenvalue weighted by atomic mass is 16.5. The normalized spacial score (nSPS) is 9.45. The Morgan fingerprint density at radius 1 is 1.05 bits per heavy atom. The number of ether oxygens (including phenoxy) is 1. The van der Waals surface area contributed by atoms with Gasteiger partial charge in [0.25, 0.3) is 5.91 Å². The van der Waals surface area contributed by atoms with E-state index in [0.29, 0.717) is 5.56 Å². The van der Waals surface area contributed by atoms with E-state index in [2.05, 4.69) is 27.3 Å². The zero-order valence-electron chi connectivity index (χ0n) is 12.1. The summed E-state index contributed by atoms with van der Waals surface area (Å²) in [6.45, 7) is 3.88. The van der Waals surface area contributed by atoms with Crippen molar-refractivity contribution < 1.29 is 19.1 Å². The number of nitrogens with one attached hydrogen (secondary N) is 3. The Hall–Kier alpha value is -2.83. The molecule has 3 amide bonds. The van der Waals surface area contributed by atoms with Gasteiger partial charge in [0.05, 0.1) is 6.54 Å². The quantitative estimate of drug-likeness (QED) is 0.480. The van der Waals surface area contributed by atoms with E-state index in [0.717, 1.165) is 0 Å². The molecule has 0 atom stereocenters. The van der Waals surface area contributed by atoms with E-state index in [9.17, 15) is 14.4 Å². The lowest BCUT2D eigenvalue weighted by Crippen LogP contribution is -2.40. The molecule has 0 unspecified atom stereocenters. The van der Waals surface area contributed by atoms with Gasteiger partial charge in [-0.05, 0) is 12.1 Å². The molecule has 22 heavy (non-hydrogen) atoms. The number of carbonyl (C=O) groups excluding carboxylic acids is 3. The summed E-state index contributed by atoms with van der Waals surface area (Å²) in [5, 5.41) is 7.51. The molecule has 1 aromatic rings. The standard InChI is InChI=1S/C15H19N3O4/c1-2-10-22-15(21)17-9-8-16-13(19)11-18-14(20)12-6-4-3-5-7-12/h2-7H,1,8-11H2,(H,16,19)(H,17,21)(H,18,20). The summed E-state index contributed by atoms with van der Waals surface area (Å²) >= 11 is 0. The zero-order chi connectivity index (χ0) is 16.2. The molecular formula is C15H19N3O4. The van der Waals surface area contributed by atoms with Crippen LogP contribution < -0.4 is 16.0 Å². The van der Waals surface area contributed by atoms with E-state index in [4.69, 9.17) is 0 Å². The molecule has 0 spiro atoms. The van der Waals surface area contributed by atoms with Gasteiger partial charge in [-0.25, -0.2) is 4.79 Å². The summed E-state index contributed by atoms with van der Waals surface area (Å²) in [6, 6.07) is 8.60. The summed E-state index contributed by atoms with van der Waals surface area (Å²) in [5.41, 5.74) is 0.488. The Kier molecular flexibility index (Phi) is 7.81. The van der Waals surface area contributed by atoms with Crippen LogP contribution in [0.2, 0.25) is 0 Å². The topological polar surface area (TPSA) is 96.5 Å². The number of carbonyl (C=O) groups is 3. The van der Waals surface area contributed by atoms with Gasteiger partial charge in [-0.2, -0.15) is 0 Å². The first-order valence-electron chi connectivity index (χ1n) is 6.75. The molecule has 0 heterocycles. The highest BCUT2D eigenvalue weighted by molar-refractivity contribution is 5.96. The molecule has 7 heteroatoms. The molecule has 7 nitrogen and oxygen atoms in total. The average molecular weight is 305 g/mol. The minimum absolute atomic E-state index is 0.129. The Balaban J connectivity index is 2.12. The number of alkyl carbamates (subject to hydrolysis) is 1. The van der Waals surface area contributed by atoms with Crippen LogP contribution in [0.4, 0.5) is 4.79 Å². The van der Waals surface area contributed by atoms with Gasteiger partial charge in [-0.15, -0.1) is 0 Å². The summed E-state index contributed by atoms with van der Waals surface area (Å²) in [7, 11) is 0. The smallest absolute Gasteiger partial charge is 0.407 e. The average Bonchev–Trinajstić information content (AvgIpc) is 2.55. The lowest BCUT2D eigenvalue weighted by Gasteiger charge is -2.08. The first kappa shape index (κ1) is 17.2. The lowest BCUT2D eigenvalue weighted by atomic mass is 10.2. The number of hydrogen-bond donors (Lipinski definition) is 3. The predicted molar refractivity (Wildman–Crippen MR) is 81.3 cm³/mol. The van der Waals surface area contributed by atoms with Crippen molar-refractivity contribution in [1.82, 2.24) is 16.0 Å². The first-order chi connectivity index (χ1) is 10.6. The van der Waals surface area contributed by atoms with Crippen molar-refractivity contribution in [3.63, 3.8) is 0 Å². The fraction of sp³-hybridized carbons (Fsp3) is 0.267. The van der Waals surface area contributed by atoms with Gasteiger partial charge >= 0.3 is 6.09 Å². The van der Waals surface area contributed by atoms with Crippen molar-refractivity contribution in [1.29, 1.82) is 0 Å². The molecule has 1 aromatic carbocycles. The van der Waals surface area contributed by atoms with Gasteiger partial charge < -0.3 is 20.7 Å². The van der Waals surface area contributed by atoms with Crippen LogP contribution in [0.3, 0.4) is 0 Å². The van der Waals surface area contributed by atoms with Crippen molar-refractivity contribution in [2.24, 2.45) is 0 Å². The van der Waals surface area contributed by atoms with Gasteiger partial charge in [-0.1, -0.05) is 30.9 Å². The first-order valence-corrected chi connectivity index (χ1v) is 6.75. The second-order valence-electron chi connectivity index (χ2n) is 4.21. The third kappa shape index (κ3) is 7.09. The van der Waals surface area contributed by atoms with E-state index >= 15 is 0 Å². The van der Waals surface area contributed by atoms with Gasteiger partial charge in [0.1, 0.15) is 6.61 Å². The molecule has 0 fully saturated rings. The van der Waals surface area contributed by atoms with Crippen LogP contribution in [0.15, 0.2) is 43.0 Å². The molecule has 0 aliphatic heterocycles. The van der Waals surface area contributed by atoms with Crippen molar-refractivity contribution in [3.05, 3.63) is 48.6 Å². The van der Waals surface area contributed by atoms with Crippen LogP contribution in [0.25, 0.3) is 0 Å². The van der Waals surface area contributed by atoms with E-state index < -0.39 is 6.09 Å². The van der Waals surface area contributed by atoms with Crippen molar-refractivity contribution in [2.75, 3.05) is 26.2 Å². The lowest BCUT2D eigenvalue weighted by molar-refractivity contribution is -0.120. The maximum absolute atomic E-state index is 11.7. The van der Waals surface area contributed by atoms with Gasteiger partial charge in [0.2, 0.25) is 5.91 Å². The minimum Gasteiger partial charge on any atom is -0.445 e. The van der Waals surface area contributed by atoms with E-state index in [1.165, 1.54) is 6.08 Å². The Labute approximate surface area is 128 Å². The summed E-state index contributed by atoms with van der Waals surface area (Å²) in [4.78, 5) is 34.3. The van der Waals surface area contributed by atoms with Crippen LogP contribution in [0.1, 0.15) is 10.4 Å². The zero-order valence-corrected chi connectivity index (χ0v) is 12.1. The summed E-state index contributed by atoms with van der Waals surface area (Å²) in [6.07, 6.45) is 0.878. The van der Waals surface area contributed by atoms with Crippen LogP contribution in [-0.4, -0.2) is 44.1 Å². The number of benzene rings is 1. The van der Waals surface area contributed by atoms with Crippen molar-refractivity contribution in [3.8, 4) is 0 Å². The minimum atomic E-state index is -0.577. The molecule has 1 rings (SSSR count). The fourth-order valence-corrected chi connectivity index (χ4v) is 1.47. The molecular weight excluding hydrogens is 286 g/mol. The molecule has 0 aliphatic carbocycles. The van der Waals surface area contributed by atoms with Crippen LogP contribution in [0, 0.1) is 0 Å². The highest BCUT2D eigenvalue weighted by Crippen LogP contribution is 1.97. The molecule has 0 saturated heterocycles. The fourth-order valence-electron chi connectivity index (χ4n) is 1.47. The van der Waals surface area contributed by atoms with Gasteiger partial charge in [0, 0.05) is 18.7 Å². The maximum Gasteiger partial charge on any atom is 0.407 e. The van der Waals surface area contributed by atoms with Crippen LogP contribution in [-0.2, 0) is 9.53 Å². The van der Waals surface area contributed by atoms with Crippen LogP contribution >= 0.6 is 0 Å². The molecule has 3 N–H and O–H groups in total. The third-order valence-corrected chi connectivity index (χ3v) is 2.49. The molecule has 118 valence electrons. The number of rotatable bonds is 8. The van der Waals surface area contributed by atoms with E-state index in [-0.39, 0.29) is 38.1 Å². The molecule has 0 aromatic heterocycles. The van der Waals surface area contributed by atoms with E-state index in [1.54, 1.807) is 30.3 Å². The van der Waals surface area contributed by atoms with Gasteiger partial charge in [0.15, 0.2) is 0 Å². The predicted octanol–water partition coefficient (Wildman–Crippen LogP) is 0.445. The van der Waals surface area contributed by atoms with Crippen molar-refractivity contribution >= 4 is 17.9 Å². The maximum atomic E-state index is 11.7. The number of amides is 3.